The van der Waals surface area contributed by atoms with Gasteiger partial charge in [-0.15, -0.1) is 0 Å². The summed E-state index contributed by atoms with van der Waals surface area (Å²) in [5.74, 6) is 1.11. The van der Waals surface area contributed by atoms with Gasteiger partial charge in [-0.2, -0.15) is 0 Å². The molecule has 0 aliphatic carbocycles. The maximum absolute atomic E-state index is 11.9. The molecule has 2 aliphatic heterocycles. The first-order chi connectivity index (χ1) is 11.6. The molecule has 1 saturated heterocycles. The molecule has 1 fully saturated rings. The summed E-state index contributed by atoms with van der Waals surface area (Å²) in [5, 5.41) is 2.83. The van der Waals surface area contributed by atoms with Crippen molar-refractivity contribution in [3.8, 4) is 5.75 Å². The van der Waals surface area contributed by atoms with Crippen molar-refractivity contribution in [2.24, 2.45) is 4.99 Å². The molecule has 1 aromatic carbocycles. The van der Waals surface area contributed by atoms with Crippen LogP contribution in [0.5, 0.6) is 5.75 Å². The number of amides is 1. The molecule has 0 aromatic heterocycles. The minimum Gasteiger partial charge on any atom is -0.493 e. The van der Waals surface area contributed by atoms with Crippen LogP contribution in [0, 0.1) is 0 Å². The van der Waals surface area contributed by atoms with Crippen LogP contribution in [-0.2, 0) is 20.9 Å². The highest BCUT2D eigenvalue weighted by atomic mass is 16.5. The van der Waals surface area contributed by atoms with Crippen LogP contribution in [0.25, 0.3) is 0 Å². The number of nitrogens with zero attached hydrogens (tertiary/aromatic N) is 2. The average molecular weight is 331 g/mol. The number of benzene rings is 1. The second-order valence-electron chi connectivity index (χ2n) is 5.81. The zero-order valence-corrected chi connectivity index (χ0v) is 13.9. The smallest absolute Gasteiger partial charge is 0.302 e. The summed E-state index contributed by atoms with van der Waals surface area (Å²) >= 11 is 0. The lowest BCUT2D eigenvalue weighted by Crippen LogP contribution is -2.36. The number of hydrogen-bond donors (Lipinski definition) is 1. The highest BCUT2D eigenvalue weighted by Crippen LogP contribution is 2.32. The number of carbonyl (C=O) groups is 2. The van der Waals surface area contributed by atoms with Crippen LogP contribution in [0.2, 0.25) is 0 Å². The Labute approximate surface area is 140 Å². The van der Waals surface area contributed by atoms with Gasteiger partial charge in [-0.1, -0.05) is 6.92 Å². The zero-order valence-electron chi connectivity index (χ0n) is 13.9. The van der Waals surface area contributed by atoms with Crippen molar-refractivity contribution in [2.45, 2.75) is 39.3 Å². The van der Waals surface area contributed by atoms with Crippen molar-refractivity contribution in [1.29, 1.82) is 0 Å². The van der Waals surface area contributed by atoms with Crippen LogP contribution in [0.1, 0.15) is 32.3 Å². The van der Waals surface area contributed by atoms with Crippen LogP contribution in [-0.4, -0.2) is 42.0 Å². The molecule has 24 heavy (non-hydrogen) atoms. The first-order valence-corrected chi connectivity index (χ1v) is 8.13. The lowest BCUT2D eigenvalue weighted by molar-refractivity contribution is -0.141. The largest absolute Gasteiger partial charge is 0.493 e. The van der Waals surface area contributed by atoms with E-state index in [4.69, 9.17) is 9.47 Å². The minimum absolute atomic E-state index is 0.00556. The van der Waals surface area contributed by atoms with Crippen LogP contribution >= 0.6 is 0 Å². The highest BCUT2D eigenvalue weighted by Gasteiger charge is 2.37. The molecular weight excluding hydrogens is 310 g/mol. The van der Waals surface area contributed by atoms with E-state index in [1.807, 2.05) is 30.0 Å². The molecule has 3 rings (SSSR count). The standard InChI is InChI=1S/C17H21N3O4/c1-3-15-16(22)19-17-18-14-6-5-13(9-12(14)10-20(15)17)24-8-4-7-23-11(2)21/h5-6,9,15H,3-4,7-8,10H2,1-2H3,(H,18,19,22). The predicted molar refractivity (Wildman–Crippen MR) is 88.0 cm³/mol. The summed E-state index contributed by atoms with van der Waals surface area (Å²) in [5.41, 5.74) is 1.89. The van der Waals surface area contributed by atoms with Gasteiger partial charge in [0.1, 0.15) is 11.8 Å². The molecule has 2 heterocycles. The van der Waals surface area contributed by atoms with Crippen molar-refractivity contribution in [3.05, 3.63) is 23.8 Å². The maximum atomic E-state index is 11.9. The Morgan fingerprint density at radius 3 is 3.00 bits per heavy atom. The summed E-state index contributed by atoms with van der Waals surface area (Å²) in [6.07, 6.45) is 1.38. The number of aliphatic imine (C=N–C) groups is 1. The Morgan fingerprint density at radius 1 is 1.42 bits per heavy atom. The fourth-order valence-electron chi connectivity index (χ4n) is 2.89. The van der Waals surface area contributed by atoms with Gasteiger partial charge in [-0.05, 0) is 24.6 Å². The maximum Gasteiger partial charge on any atom is 0.302 e. The highest BCUT2D eigenvalue weighted by molar-refractivity contribution is 6.07. The van der Waals surface area contributed by atoms with Crippen molar-refractivity contribution in [2.75, 3.05) is 13.2 Å². The molecular formula is C17H21N3O4. The van der Waals surface area contributed by atoms with E-state index in [1.54, 1.807) is 0 Å². The van der Waals surface area contributed by atoms with Crippen LogP contribution in [0.4, 0.5) is 5.69 Å². The summed E-state index contributed by atoms with van der Waals surface area (Å²) in [6.45, 7) is 4.84. The van der Waals surface area contributed by atoms with E-state index in [9.17, 15) is 9.59 Å². The van der Waals surface area contributed by atoms with Gasteiger partial charge in [-0.25, -0.2) is 4.99 Å². The number of hydrogen-bond acceptors (Lipinski definition) is 6. The van der Waals surface area contributed by atoms with Gasteiger partial charge in [0.25, 0.3) is 0 Å². The Bertz CT molecular complexity index is 686. The number of ether oxygens (including phenoxy) is 2. The molecule has 0 spiro atoms. The molecule has 1 amide bonds. The molecule has 1 atom stereocenters. The Hall–Kier alpha value is -2.57. The molecule has 2 aliphatic rings. The third kappa shape index (κ3) is 3.34. The van der Waals surface area contributed by atoms with Gasteiger partial charge < -0.3 is 14.4 Å². The molecule has 0 bridgehead atoms. The van der Waals surface area contributed by atoms with Crippen molar-refractivity contribution < 1.29 is 19.1 Å². The van der Waals surface area contributed by atoms with Gasteiger partial charge in [-0.3, -0.25) is 14.9 Å². The SMILES string of the molecule is CCC1C(=O)NC2=Nc3ccc(OCCCOC(C)=O)cc3CN21. The van der Waals surface area contributed by atoms with Gasteiger partial charge in [0.05, 0.1) is 18.9 Å². The van der Waals surface area contributed by atoms with E-state index in [2.05, 4.69) is 10.3 Å². The predicted octanol–water partition coefficient (Wildman–Crippen LogP) is 1.73. The molecule has 7 heteroatoms. The first-order valence-electron chi connectivity index (χ1n) is 8.13. The normalized spacial score (nSPS) is 18.4. The van der Waals surface area contributed by atoms with Gasteiger partial charge in [0.15, 0.2) is 0 Å². The number of fused-ring (bicyclic) bond motifs is 2. The number of nitrogens with one attached hydrogen (secondary N) is 1. The molecule has 0 saturated carbocycles. The molecule has 1 N–H and O–H groups in total. The van der Waals surface area contributed by atoms with E-state index in [0.717, 1.165) is 23.4 Å². The second kappa shape index (κ2) is 6.90. The number of carbonyl (C=O) groups excluding carboxylic acids is 2. The van der Waals surface area contributed by atoms with E-state index < -0.39 is 0 Å². The number of guanidine groups is 1. The van der Waals surface area contributed by atoms with Gasteiger partial charge >= 0.3 is 5.97 Å². The van der Waals surface area contributed by atoms with E-state index in [-0.39, 0.29) is 17.9 Å². The van der Waals surface area contributed by atoms with Crippen LogP contribution in [0.3, 0.4) is 0 Å². The third-order valence-electron chi connectivity index (χ3n) is 4.05. The van der Waals surface area contributed by atoms with E-state index in [1.165, 1.54) is 6.92 Å². The molecule has 1 aromatic rings. The second-order valence-corrected chi connectivity index (χ2v) is 5.81. The Balaban J connectivity index is 1.63. The molecule has 0 radical (unpaired) electrons. The third-order valence-corrected chi connectivity index (χ3v) is 4.05. The van der Waals surface area contributed by atoms with Crippen LogP contribution < -0.4 is 10.1 Å². The van der Waals surface area contributed by atoms with Gasteiger partial charge in [0.2, 0.25) is 11.9 Å². The number of rotatable bonds is 6. The Kier molecular flexibility index (Phi) is 4.69. The summed E-state index contributed by atoms with van der Waals surface area (Å²) in [4.78, 5) is 29.2. The van der Waals surface area contributed by atoms with Crippen LogP contribution in [0.15, 0.2) is 23.2 Å². The molecule has 1 unspecified atom stereocenters. The minimum atomic E-state index is -0.281. The lowest BCUT2D eigenvalue weighted by Gasteiger charge is -2.27. The Morgan fingerprint density at radius 2 is 2.25 bits per heavy atom. The first kappa shape index (κ1) is 16.3. The summed E-state index contributed by atoms with van der Waals surface area (Å²) in [6, 6.07) is 5.55. The summed E-state index contributed by atoms with van der Waals surface area (Å²) in [7, 11) is 0. The monoisotopic (exact) mass is 331 g/mol. The van der Waals surface area contributed by atoms with E-state index in [0.29, 0.717) is 32.1 Å². The van der Waals surface area contributed by atoms with Crippen molar-refractivity contribution >= 4 is 23.5 Å². The molecule has 7 nitrogen and oxygen atoms in total. The van der Waals surface area contributed by atoms with Gasteiger partial charge in [0, 0.05) is 25.5 Å². The van der Waals surface area contributed by atoms with Crippen molar-refractivity contribution in [3.63, 3.8) is 0 Å². The zero-order chi connectivity index (χ0) is 17.1. The lowest BCUT2D eigenvalue weighted by atomic mass is 10.1. The fraction of sp³-hybridized carbons (Fsp3) is 0.471. The fourth-order valence-corrected chi connectivity index (χ4v) is 2.89. The topological polar surface area (TPSA) is 80.2 Å². The van der Waals surface area contributed by atoms with E-state index >= 15 is 0 Å². The number of esters is 1. The summed E-state index contributed by atoms with van der Waals surface area (Å²) < 4.78 is 10.6. The average Bonchev–Trinajstić information content (AvgIpc) is 2.86. The molecule has 128 valence electrons. The van der Waals surface area contributed by atoms with Crippen molar-refractivity contribution in [1.82, 2.24) is 10.2 Å². The quantitative estimate of drug-likeness (QED) is 0.634.